The van der Waals surface area contributed by atoms with Crippen molar-refractivity contribution in [2.75, 3.05) is 44.8 Å². The number of rotatable bonds is 32. The third-order valence-corrected chi connectivity index (χ3v) is 25.0. The molecule has 0 bridgehead atoms. The number of carboxylic acids is 2. The average Bonchev–Trinajstić information content (AvgIpc) is 1.72. The number of thioether (sulfide) groups is 1. The number of carbonyl (C=O) groups excluding carboxylic acids is 16. The third-order valence-electron chi connectivity index (χ3n) is 23.9. The van der Waals surface area contributed by atoms with Crippen LogP contribution in [0, 0.1) is 28.6 Å². The molecule has 8 rings (SSSR count). The minimum atomic E-state index is -2.11. The van der Waals surface area contributed by atoms with Crippen molar-refractivity contribution in [2.24, 2.45) is 35.0 Å². The van der Waals surface area contributed by atoms with Gasteiger partial charge in [-0.25, -0.2) is 0 Å². The second-order valence-corrected chi connectivity index (χ2v) is 37.8. The van der Waals surface area contributed by atoms with Crippen molar-refractivity contribution in [1.82, 2.24) is 95.0 Å². The van der Waals surface area contributed by atoms with Crippen LogP contribution in [0.15, 0.2) is 170 Å². The van der Waals surface area contributed by atoms with E-state index in [1.807, 2.05) is 30.3 Å². The number of aliphatic hydroxyl groups excluding tert-OH is 1. The standard InChI is InChI=1S/C101H133N23O22S/c1-55(2)43-71-93(140)122-85(57(5)6)98(145)120-77(52-125)95(142)121-78(86(133)110-51-80(102)127)53-147-54-81(128)111-72(44-58-21-11-8-12-22-58)89(136)116-73(46-61-33-37-65(126)38-34-61)91(138)118-76(49-83(131)132)92(139)117-75(48-64-50-109-67-28-18-17-27-66(64)67)94(141)123-84(56(3)4)97(144)119-74(45-60-31-35-63(36-32-60)62-25-15-10-16-26-62)90(137)112-68(29-19-41-107-100(103)104)87(134)114-70(39-40-82(129)130)99(146)124(7)79(47-59-23-13-9-14-24-59)96(143)113-69(88(135)115-71)30-20-42-108-101(105)106/h8-18,21-28,31-38,50,55-57,68-79,84-85,109,125-126H,19-20,29-30,39-49,51-54H2,1-7H3,(H2,102,127)(H,110,133)(H,111,128)(H,112,137)(H,113,143)(H,114,134)(H,115,135)(H,116,136)(H,117,139)(H,118,138)(H,119,144)(H,120,145)(H,121,142)(H,122,140)(H,123,141)(H,129,130)(H,131,132)(H4,103,104,107)(H4,105,106,108)/t68-,69?,70-,71-,72-,73-,74-,75-,76-,77-,78-,79-,84-,85-/m0/s1. The van der Waals surface area contributed by atoms with E-state index in [0.717, 1.165) is 16.0 Å². The molecule has 14 atom stereocenters. The second kappa shape index (κ2) is 58.1. The number of phenols is 1. The maximum absolute atomic E-state index is 15.7. The number of nitrogens with zero attached hydrogens (tertiary/aromatic N) is 1. The quantitative estimate of drug-likeness (QED) is 0.0133. The van der Waals surface area contributed by atoms with Gasteiger partial charge < -0.3 is 133 Å². The van der Waals surface area contributed by atoms with E-state index in [1.54, 1.807) is 123 Å². The molecule has 0 aliphatic carbocycles. The number of likely N-dealkylation sites (N-methyl/N-ethyl adjacent to an activating group) is 1. The molecule has 2 heterocycles. The van der Waals surface area contributed by atoms with Crippen molar-refractivity contribution >= 4 is 141 Å². The number of benzene rings is 6. The van der Waals surface area contributed by atoms with E-state index in [-0.39, 0.29) is 75.8 Å². The number of hydrogen-bond acceptors (Lipinski definition) is 23. The van der Waals surface area contributed by atoms with Crippen LogP contribution < -0.4 is 102 Å². The van der Waals surface area contributed by atoms with Gasteiger partial charge in [0.25, 0.3) is 0 Å². The van der Waals surface area contributed by atoms with Gasteiger partial charge in [0.05, 0.1) is 25.3 Å². The first kappa shape index (κ1) is 116. The normalized spacial score (nSPS) is 22.0. The fourth-order valence-electron chi connectivity index (χ4n) is 16.1. The largest absolute Gasteiger partial charge is 0.508 e. The first-order chi connectivity index (χ1) is 69.9. The summed E-state index contributed by atoms with van der Waals surface area (Å²) in [5.41, 5.74) is 20.8. The summed E-state index contributed by atoms with van der Waals surface area (Å²) in [6.07, 6.45) is -3.77. The van der Waals surface area contributed by atoms with Crippen molar-refractivity contribution in [2.45, 2.75) is 210 Å². The Kier molecular flexibility index (Phi) is 45.9. The zero-order valence-electron chi connectivity index (χ0n) is 82.6. The summed E-state index contributed by atoms with van der Waals surface area (Å²) in [4.78, 5) is 268. The molecular weight excluding hydrogens is 1920 g/mol. The summed E-state index contributed by atoms with van der Waals surface area (Å²) in [5, 5.41) is 99.8. The number of amides is 16. The smallest absolute Gasteiger partial charge is 0.305 e. The van der Waals surface area contributed by atoms with Crippen LogP contribution in [-0.2, 0) is 118 Å². The van der Waals surface area contributed by atoms with Gasteiger partial charge in [-0.15, -0.1) is 11.8 Å². The molecule has 1 saturated heterocycles. The summed E-state index contributed by atoms with van der Waals surface area (Å²) in [5.74, 6) is -24.8. The molecule has 46 heteroatoms. The molecule has 0 saturated carbocycles. The van der Waals surface area contributed by atoms with Gasteiger partial charge in [0.2, 0.25) is 94.5 Å². The minimum absolute atomic E-state index is 0.0119. The SMILES string of the molecule is CC(C)C[C@@H]1NC(=O)C(CCCNC(=N)N)NC(=O)[C@H](Cc2ccccc2)N(C)C(=O)[C@H](CCC(=O)O)NC(=O)[C@H](CCCNC(=N)N)NC(=O)[C@H](Cc2ccc(-c3ccccc3)cc2)NC(=O)[C@H](C(C)C)NC(=O)[C@H](Cc2c[nH]c3ccccc23)NC(=O)[C@H](CC(=O)O)NC(=O)[C@H](Cc2ccc(O)cc2)NC(=O)[C@H](Cc2ccccc2)NC(=O)CSC[C@@H](C(=O)NCC(N)=O)NC(=O)[C@H](CO)NC(=O)[C@H](C(C)C)NC1=O. The number of aromatic hydroxyl groups is 1. The Balaban J connectivity index is 1.25. The fourth-order valence-corrected chi connectivity index (χ4v) is 16.9. The number of phenolic OH excluding ortho intramolecular Hbond substituents is 1. The second-order valence-electron chi connectivity index (χ2n) is 36.7. The van der Waals surface area contributed by atoms with Gasteiger partial charge in [-0.2, -0.15) is 0 Å². The predicted molar refractivity (Wildman–Crippen MR) is 545 cm³/mol. The Morgan fingerprint density at radius 1 is 0.429 bits per heavy atom. The van der Waals surface area contributed by atoms with Crippen molar-refractivity contribution < 1.29 is 107 Å². The Hall–Kier alpha value is -16.0. The molecule has 1 aromatic heterocycles. The van der Waals surface area contributed by atoms with Gasteiger partial charge in [-0.3, -0.25) is 97.1 Å². The topological polar surface area (TPSA) is 725 Å². The molecule has 1 fully saturated rings. The van der Waals surface area contributed by atoms with Crippen LogP contribution in [0.4, 0.5) is 0 Å². The molecule has 16 amide bonds. The zero-order chi connectivity index (χ0) is 108. The lowest BCUT2D eigenvalue weighted by Crippen LogP contribution is -2.62. The van der Waals surface area contributed by atoms with Crippen LogP contribution >= 0.6 is 11.8 Å². The molecule has 7 aromatic rings. The summed E-state index contributed by atoms with van der Waals surface area (Å²) < 4.78 is 0. The molecule has 6 aromatic carbocycles. The Morgan fingerprint density at radius 2 is 0.837 bits per heavy atom. The Morgan fingerprint density at radius 3 is 1.34 bits per heavy atom. The summed E-state index contributed by atoms with van der Waals surface area (Å²) in [6.45, 7) is 7.41. The molecule has 0 radical (unpaired) electrons. The van der Waals surface area contributed by atoms with Gasteiger partial charge in [-0.05, 0) is 113 Å². The van der Waals surface area contributed by atoms with Crippen molar-refractivity contribution in [3.8, 4) is 16.9 Å². The number of nitrogens with two attached hydrogens (primary N) is 3. The molecule has 1 aliphatic rings. The van der Waals surface area contributed by atoms with E-state index in [1.165, 1.54) is 65.2 Å². The van der Waals surface area contributed by atoms with Crippen LogP contribution in [0.1, 0.15) is 121 Å². The lowest BCUT2D eigenvalue weighted by molar-refractivity contribution is -0.144. The van der Waals surface area contributed by atoms with E-state index in [4.69, 9.17) is 28.0 Å². The number of carboxylic acid groups (broad SMARTS) is 2. The molecule has 0 spiro atoms. The van der Waals surface area contributed by atoms with E-state index in [0.29, 0.717) is 44.9 Å². The highest BCUT2D eigenvalue weighted by Crippen LogP contribution is 2.25. The molecule has 790 valence electrons. The number of guanidine groups is 2. The molecule has 29 N–H and O–H groups in total. The number of aromatic amines is 1. The summed E-state index contributed by atoms with van der Waals surface area (Å²) in [7, 11) is 1.18. The van der Waals surface area contributed by atoms with E-state index >= 15 is 47.9 Å². The monoisotopic (exact) mass is 2050 g/mol. The molecule has 45 nitrogen and oxygen atoms in total. The summed E-state index contributed by atoms with van der Waals surface area (Å²) >= 11 is 0.692. The van der Waals surface area contributed by atoms with Crippen LogP contribution in [0.25, 0.3) is 22.0 Å². The van der Waals surface area contributed by atoms with Crippen LogP contribution in [0.3, 0.4) is 0 Å². The maximum Gasteiger partial charge on any atom is 0.305 e. The fraction of sp³-hybridized carbons (Fsp3) is 0.426. The number of hydrogen-bond donors (Lipinski definition) is 26. The van der Waals surface area contributed by atoms with E-state index < -0.39 is 277 Å². The first-order valence-corrected chi connectivity index (χ1v) is 49.2. The van der Waals surface area contributed by atoms with Crippen LogP contribution in [0.2, 0.25) is 0 Å². The lowest BCUT2D eigenvalue weighted by atomic mass is 9.98. The van der Waals surface area contributed by atoms with Gasteiger partial charge in [0.1, 0.15) is 90.3 Å². The number of aliphatic carboxylic acids is 2. The van der Waals surface area contributed by atoms with Crippen LogP contribution in [-0.4, -0.2) is 278 Å². The summed E-state index contributed by atoms with van der Waals surface area (Å²) in [6, 6.07) is 20.2. The zero-order valence-corrected chi connectivity index (χ0v) is 83.5. The number of para-hydroxylation sites is 1. The minimum Gasteiger partial charge on any atom is -0.508 e. The Bertz CT molecular complexity index is 5750. The maximum atomic E-state index is 15.7. The van der Waals surface area contributed by atoms with Crippen LogP contribution in [0.5, 0.6) is 5.75 Å². The number of H-pyrrole nitrogens is 1. The number of aliphatic hydroxyl groups is 1. The van der Waals surface area contributed by atoms with Gasteiger partial charge in [0, 0.05) is 81.5 Å². The number of carbonyl (C=O) groups is 18. The lowest BCUT2D eigenvalue weighted by Gasteiger charge is -2.33. The van der Waals surface area contributed by atoms with Gasteiger partial charge in [-0.1, -0.05) is 187 Å². The van der Waals surface area contributed by atoms with Gasteiger partial charge >= 0.3 is 11.9 Å². The highest BCUT2D eigenvalue weighted by Gasteiger charge is 2.42. The van der Waals surface area contributed by atoms with Crippen molar-refractivity contribution in [3.05, 3.63) is 198 Å². The van der Waals surface area contributed by atoms with Gasteiger partial charge in [0.15, 0.2) is 11.9 Å². The van der Waals surface area contributed by atoms with E-state index in [2.05, 4.69) is 90.1 Å². The number of fused-ring (bicyclic) bond motifs is 1. The number of nitrogens with one attached hydrogen (secondary N) is 19. The predicted octanol–water partition coefficient (Wildman–Crippen LogP) is -1.25. The molecular formula is C101H133N23O22S. The first-order valence-electron chi connectivity index (χ1n) is 48.0. The van der Waals surface area contributed by atoms with Crippen molar-refractivity contribution in [3.63, 3.8) is 0 Å². The number of aromatic nitrogens is 1. The highest BCUT2D eigenvalue weighted by molar-refractivity contribution is 8.00. The highest BCUT2D eigenvalue weighted by atomic mass is 32.2. The molecule has 1 aliphatic heterocycles. The number of primary amides is 1. The van der Waals surface area contributed by atoms with Crippen molar-refractivity contribution in [1.29, 1.82) is 10.8 Å². The average molecular weight is 2050 g/mol. The van der Waals surface area contributed by atoms with E-state index in [9.17, 15) is 58.8 Å². The third kappa shape index (κ3) is 38.2. The Labute approximate surface area is 853 Å². The molecule has 147 heavy (non-hydrogen) atoms. The molecule has 1 unspecified atom stereocenters.